The van der Waals surface area contributed by atoms with Crippen molar-refractivity contribution < 1.29 is 33.1 Å². The van der Waals surface area contributed by atoms with E-state index in [0.29, 0.717) is 16.6 Å². The Morgan fingerprint density at radius 3 is 2.44 bits per heavy atom. The largest absolute Gasteiger partial charge is 0.461 e. The van der Waals surface area contributed by atoms with Crippen molar-refractivity contribution in [1.82, 2.24) is 4.90 Å². The first-order chi connectivity index (χ1) is 16.4. The van der Waals surface area contributed by atoms with Crippen molar-refractivity contribution in [3.8, 4) is 0 Å². The first-order valence-corrected chi connectivity index (χ1v) is 11.4. The quantitative estimate of drug-likeness (QED) is 0.371. The van der Waals surface area contributed by atoms with Crippen molar-refractivity contribution in [2.24, 2.45) is 11.8 Å². The summed E-state index contributed by atoms with van der Waals surface area (Å²) in [6.07, 6.45) is 2.56. The minimum Gasteiger partial charge on any atom is -0.461 e. The number of rotatable bonds is 7. The van der Waals surface area contributed by atoms with E-state index < -0.39 is 17.7 Å². The highest BCUT2D eigenvalue weighted by Crippen LogP contribution is 2.38. The maximum atomic E-state index is 12.5. The molecule has 10 heteroatoms. The molecule has 34 heavy (non-hydrogen) atoms. The fourth-order valence-corrected chi connectivity index (χ4v) is 4.60. The normalized spacial score (nSPS) is 19.7. The number of amides is 3. The van der Waals surface area contributed by atoms with Gasteiger partial charge in [-0.3, -0.25) is 24.6 Å². The van der Waals surface area contributed by atoms with Gasteiger partial charge in [0.1, 0.15) is 12.2 Å². The number of carbonyl (C=O) groups excluding carboxylic acids is 4. The van der Waals surface area contributed by atoms with E-state index in [9.17, 15) is 24.0 Å². The third kappa shape index (κ3) is 4.95. The number of esters is 1. The van der Waals surface area contributed by atoms with Gasteiger partial charge in [-0.2, -0.15) is 0 Å². The smallest absolute Gasteiger partial charge is 0.411 e. The Hall–Kier alpha value is -3.69. The Labute approximate surface area is 195 Å². The number of hydrogen-bond donors (Lipinski definition) is 1. The minimum absolute atomic E-state index is 0.00986. The van der Waals surface area contributed by atoms with Crippen LogP contribution in [-0.4, -0.2) is 41.9 Å². The van der Waals surface area contributed by atoms with Crippen LogP contribution in [0.2, 0.25) is 0 Å². The molecule has 2 fully saturated rings. The summed E-state index contributed by atoms with van der Waals surface area (Å²) in [5, 5.41) is 3.06. The maximum Gasteiger partial charge on any atom is 0.411 e. The molecule has 1 aromatic carbocycles. The van der Waals surface area contributed by atoms with Crippen LogP contribution in [0.1, 0.15) is 44.6 Å². The molecule has 0 spiro atoms. The number of benzene rings is 1. The summed E-state index contributed by atoms with van der Waals surface area (Å²) in [7, 11) is 0. The highest BCUT2D eigenvalue weighted by atomic mass is 16.5. The molecule has 1 aromatic heterocycles. The Kier molecular flexibility index (Phi) is 6.95. The molecule has 1 aliphatic heterocycles. The van der Waals surface area contributed by atoms with Crippen LogP contribution in [-0.2, 0) is 30.5 Å². The first-order valence-electron chi connectivity index (χ1n) is 11.4. The van der Waals surface area contributed by atoms with Gasteiger partial charge in [0, 0.05) is 35.3 Å². The number of hydrogen-bond acceptors (Lipinski definition) is 8. The molecule has 4 rings (SSSR count). The van der Waals surface area contributed by atoms with Crippen LogP contribution >= 0.6 is 0 Å². The lowest BCUT2D eigenvalue weighted by molar-refractivity contribution is -0.146. The molecule has 2 aromatic rings. The lowest BCUT2D eigenvalue weighted by Gasteiger charge is -2.19. The zero-order valence-electron chi connectivity index (χ0n) is 18.8. The van der Waals surface area contributed by atoms with Gasteiger partial charge in [0.2, 0.25) is 11.8 Å². The van der Waals surface area contributed by atoms with Crippen LogP contribution in [0.5, 0.6) is 0 Å². The third-order valence-corrected chi connectivity index (χ3v) is 6.21. The van der Waals surface area contributed by atoms with E-state index in [1.54, 1.807) is 19.1 Å². The summed E-state index contributed by atoms with van der Waals surface area (Å²) in [4.78, 5) is 62.2. The van der Waals surface area contributed by atoms with Crippen molar-refractivity contribution in [3.05, 3.63) is 40.2 Å². The van der Waals surface area contributed by atoms with Crippen molar-refractivity contribution in [1.29, 1.82) is 0 Å². The van der Waals surface area contributed by atoms with Gasteiger partial charge in [0.15, 0.2) is 0 Å². The summed E-state index contributed by atoms with van der Waals surface area (Å²) in [5.41, 5.74) is 0.386. The average Bonchev–Trinajstić information content (AvgIpc) is 3.05. The summed E-state index contributed by atoms with van der Waals surface area (Å²) in [6, 6.07) is 5.94. The molecule has 2 atom stereocenters. The predicted molar refractivity (Wildman–Crippen MR) is 120 cm³/mol. The number of carbonyl (C=O) groups is 4. The third-order valence-electron chi connectivity index (χ3n) is 6.21. The Morgan fingerprint density at radius 1 is 1.06 bits per heavy atom. The highest BCUT2D eigenvalue weighted by Gasteiger charge is 2.47. The van der Waals surface area contributed by atoms with Crippen LogP contribution in [0, 0.1) is 11.8 Å². The van der Waals surface area contributed by atoms with Gasteiger partial charge < -0.3 is 13.9 Å². The molecule has 0 bridgehead atoms. The number of fused-ring (bicyclic) bond motifs is 2. The molecule has 1 saturated carbocycles. The molecule has 1 saturated heterocycles. The van der Waals surface area contributed by atoms with Crippen LogP contribution in [0.15, 0.2) is 33.5 Å². The van der Waals surface area contributed by atoms with Crippen LogP contribution < -0.4 is 10.9 Å². The number of likely N-dealkylation sites (tertiary alicyclic amines) is 1. The molecule has 0 radical (unpaired) electrons. The number of anilines is 1. The van der Waals surface area contributed by atoms with Crippen molar-refractivity contribution in [2.45, 2.75) is 45.6 Å². The molecule has 180 valence electrons. The van der Waals surface area contributed by atoms with Gasteiger partial charge in [0.25, 0.3) is 0 Å². The lowest BCUT2D eigenvalue weighted by atomic mass is 9.81. The monoisotopic (exact) mass is 470 g/mol. The summed E-state index contributed by atoms with van der Waals surface area (Å²) in [6.45, 7) is 1.70. The molecule has 2 aliphatic rings. The first kappa shape index (κ1) is 23.5. The van der Waals surface area contributed by atoms with E-state index in [1.165, 1.54) is 17.0 Å². The van der Waals surface area contributed by atoms with E-state index >= 15 is 0 Å². The van der Waals surface area contributed by atoms with Gasteiger partial charge >= 0.3 is 17.7 Å². The van der Waals surface area contributed by atoms with Crippen molar-refractivity contribution >= 4 is 40.5 Å². The van der Waals surface area contributed by atoms with Crippen molar-refractivity contribution in [2.75, 3.05) is 18.5 Å². The van der Waals surface area contributed by atoms with Gasteiger partial charge in [-0.25, -0.2) is 9.59 Å². The predicted octanol–water partition coefficient (Wildman–Crippen LogP) is 2.97. The Bertz CT molecular complexity index is 1160. The second kappa shape index (κ2) is 10.1. The van der Waals surface area contributed by atoms with Gasteiger partial charge in [-0.1, -0.05) is 12.8 Å². The molecule has 10 nitrogen and oxygen atoms in total. The van der Waals surface area contributed by atoms with Crippen molar-refractivity contribution in [3.63, 3.8) is 0 Å². The number of imide groups is 1. The fourth-order valence-electron chi connectivity index (χ4n) is 4.60. The Balaban J connectivity index is 1.37. The average molecular weight is 470 g/mol. The second-order valence-electron chi connectivity index (χ2n) is 8.38. The summed E-state index contributed by atoms with van der Waals surface area (Å²) < 4.78 is 15.3. The highest BCUT2D eigenvalue weighted by molar-refractivity contribution is 6.05. The zero-order chi connectivity index (χ0) is 24.2. The molecular formula is C24H26N2O8. The van der Waals surface area contributed by atoms with E-state index in [2.05, 4.69) is 5.32 Å². The van der Waals surface area contributed by atoms with E-state index in [1.807, 2.05) is 0 Å². The maximum absolute atomic E-state index is 12.5. The molecule has 2 heterocycles. The topological polar surface area (TPSA) is 132 Å². The van der Waals surface area contributed by atoms with E-state index in [0.717, 1.165) is 25.7 Å². The van der Waals surface area contributed by atoms with Gasteiger partial charge in [-0.05, 0) is 31.9 Å². The van der Waals surface area contributed by atoms with E-state index in [4.69, 9.17) is 13.9 Å². The molecule has 1 aliphatic carbocycles. The van der Waals surface area contributed by atoms with E-state index in [-0.39, 0.29) is 55.4 Å². The minimum atomic E-state index is -0.636. The SMILES string of the molecule is CCOC(=O)Nc1ccc2c(COC(=O)CCN3C(=O)C4CCCCC4C3=O)cc(=O)oc2c1. The van der Waals surface area contributed by atoms with Crippen LogP contribution in [0.25, 0.3) is 11.0 Å². The van der Waals surface area contributed by atoms with Gasteiger partial charge in [-0.15, -0.1) is 0 Å². The zero-order valence-corrected chi connectivity index (χ0v) is 18.8. The summed E-state index contributed by atoms with van der Waals surface area (Å²) in [5.74, 6) is -1.48. The second-order valence-corrected chi connectivity index (χ2v) is 8.38. The molecule has 3 amide bonds. The lowest BCUT2D eigenvalue weighted by Crippen LogP contribution is -2.33. The standard InChI is InChI=1S/C24H26N2O8/c1-2-32-24(31)25-15-7-8-16-14(11-21(28)34-19(16)12-15)13-33-20(27)9-10-26-22(29)17-5-3-4-6-18(17)23(26)30/h7-8,11-12,17-18H,2-6,9-10,13H2,1H3,(H,25,31). The Morgan fingerprint density at radius 2 is 1.76 bits per heavy atom. The molecule has 2 unspecified atom stereocenters. The van der Waals surface area contributed by atoms with Crippen LogP contribution in [0.3, 0.4) is 0 Å². The molecular weight excluding hydrogens is 444 g/mol. The number of nitrogens with zero attached hydrogens (tertiary/aromatic N) is 1. The number of nitrogens with one attached hydrogen (secondary N) is 1. The fraction of sp³-hybridized carbons (Fsp3) is 0.458. The summed E-state index contributed by atoms with van der Waals surface area (Å²) >= 11 is 0. The van der Waals surface area contributed by atoms with Crippen LogP contribution in [0.4, 0.5) is 10.5 Å². The molecule has 1 N–H and O–H groups in total. The number of ether oxygens (including phenoxy) is 2. The van der Waals surface area contributed by atoms with Gasteiger partial charge in [0.05, 0.1) is 24.9 Å².